The molecule has 0 atom stereocenters. The van der Waals surface area contributed by atoms with Gasteiger partial charge in [-0.2, -0.15) is 4.98 Å². The molecule has 0 saturated carbocycles. The Labute approximate surface area is 109 Å². The third kappa shape index (κ3) is 2.57. The number of aromatic nitrogens is 4. The van der Waals surface area contributed by atoms with E-state index in [1.54, 1.807) is 24.4 Å². The molecule has 0 unspecified atom stereocenters. The van der Waals surface area contributed by atoms with Crippen LogP contribution in [0.15, 0.2) is 47.1 Å². The van der Waals surface area contributed by atoms with Crippen molar-refractivity contribution in [1.82, 2.24) is 20.1 Å². The van der Waals surface area contributed by atoms with Crippen LogP contribution in [-0.4, -0.2) is 20.1 Å². The maximum Gasteiger partial charge on any atom is 0.276 e. The molecule has 19 heavy (non-hydrogen) atoms. The Bertz CT molecular complexity index is 680. The standard InChI is InChI=1S/C13H11N5O/c14-11-6-3-5-10(16-11)13-17-12(18-19-13)8-9-4-1-2-7-15-9/h1-7H,8H2,(H2,14,16). The molecule has 2 N–H and O–H groups in total. The average Bonchev–Trinajstić information content (AvgIpc) is 2.88. The van der Waals surface area contributed by atoms with E-state index < -0.39 is 0 Å². The van der Waals surface area contributed by atoms with Crippen molar-refractivity contribution in [3.63, 3.8) is 0 Å². The van der Waals surface area contributed by atoms with Crippen LogP contribution >= 0.6 is 0 Å². The second-order valence-electron chi connectivity index (χ2n) is 3.96. The van der Waals surface area contributed by atoms with E-state index in [1.807, 2.05) is 18.2 Å². The Morgan fingerprint density at radius 1 is 1.05 bits per heavy atom. The molecule has 3 aromatic heterocycles. The highest BCUT2D eigenvalue weighted by molar-refractivity contribution is 5.50. The maximum atomic E-state index is 5.62. The highest BCUT2D eigenvalue weighted by Crippen LogP contribution is 2.16. The first-order valence-corrected chi connectivity index (χ1v) is 5.77. The van der Waals surface area contributed by atoms with Crippen molar-refractivity contribution >= 4 is 5.82 Å². The minimum Gasteiger partial charge on any atom is -0.384 e. The molecule has 3 aromatic rings. The summed E-state index contributed by atoms with van der Waals surface area (Å²) in [6.07, 6.45) is 2.25. The van der Waals surface area contributed by atoms with Gasteiger partial charge < -0.3 is 10.3 Å². The fourth-order valence-electron chi connectivity index (χ4n) is 1.67. The second-order valence-corrected chi connectivity index (χ2v) is 3.96. The normalized spacial score (nSPS) is 10.5. The van der Waals surface area contributed by atoms with Crippen molar-refractivity contribution in [2.75, 3.05) is 5.73 Å². The molecule has 0 aliphatic heterocycles. The number of nitrogens with zero attached hydrogens (tertiary/aromatic N) is 4. The van der Waals surface area contributed by atoms with E-state index in [1.165, 1.54) is 0 Å². The zero-order chi connectivity index (χ0) is 13.1. The number of hydrogen-bond donors (Lipinski definition) is 1. The van der Waals surface area contributed by atoms with Crippen LogP contribution in [0, 0.1) is 0 Å². The largest absolute Gasteiger partial charge is 0.384 e. The fraction of sp³-hybridized carbons (Fsp3) is 0.0769. The van der Waals surface area contributed by atoms with E-state index in [4.69, 9.17) is 10.3 Å². The minimum atomic E-state index is 0.359. The molecule has 94 valence electrons. The highest BCUT2D eigenvalue weighted by atomic mass is 16.5. The lowest BCUT2D eigenvalue weighted by atomic mass is 10.2. The third-order valence-corrected chi connectivity index (χ3v) is 2.52. The van der Waals surface area contributed by atoms with Crippen LogP contribution < -0.4 is 5.73 Å². The molecule has 3 heterocycles. The summed E-state index contributed by atoms with van der Waals surface area (Å²) >= 11 is 0. The molecule has 6 nitrogen and oxygen atoms in total. The summed E-state index contributed by atoms with van der Waals surface area (Å²) in [7, 11) is 0. The Hall–Kier alpha value is -2.76. The summed E-state index contributed by atoms with van der Waals surface area (Å²) in [4.78, 5) is 12.6. The number of anilines is 1. The van der Waals surface area contributed by atoms with Gasteiger partial charge in [0.2, 0.25) is 0 Å². The zero-order valence-corrected chi connectivity index (χ0v) is 10.0. The van der Waals surface area contributed by atoms with Gasteiger partial charge in [0.25, 0.3) is 5.89 Å². The van der Waals surface area contributed by atoms with Crippen molar-refractivity contribution in [3.8, 4) is 11.6 Å². The van der Waals surface area contributed by atoms with Crippen LogP contribution in [0.5, 0.6) is 0 Å². The Morgan fingerprint density at radius 2 is 2.00 bits per heavy atom. The highest BCUT2D eigenvalue weighted by Gasteiger charge is 2.10. The smallest absolute Gasteiger partial charge is 0.276 e. The lowest BCUT2D eigenvalue weighted by Crippen LogP contribution is -1.94. The molecule has 0 amide bonds. The van der Waals surface area contributed by atoms with Crippen LogP contribution in [0.1, 0.15) is 11.5 Å². The van der Waals surface area contributed by atoms with Gasteiger partial charge in [-0.05, 0) is 24.3 Å². The van der Waals surface area contributed by atoms with E-state index in [9.17, 15) is 0 Å². The van der Waals surface area contributed by atoms with Gasteiger partial charge in [-0.25, -0.2) is 4.98 Å². The van der Waals surface area contributed by atoms with Crippen LogP contribution in [0.3, 0.4) is 0 Å². The van der Waals surface area contributed by atoms with Crippen molar-refractivity contribution in [2.24, 2.45) is 0 Å². The Kier molecular flexibility index (Phi) is 2.89. The molecule has 3 rings (SSSR count). The van der Waals surface area contributed by atoms with Gasteiger partial charge in [0.15, 0.2) is 5.82 Å². The number of hydrogen-bond acceptors (Lipinski definition) is 6. The van der Waals surface area contributed by atoms with E-state index in [0.29, 0.717) is 29.6 Å². The predicted molar refractivity (Wildman–Crippen MR) is 69.0 cm³/mol. The second kappa shape index (κ2) is 4.85. The average molecular weight is 253 g/mol. The monoisotopic (exact) mass is 253 g/mol. The first-order valence-electron chi connectivity index (χ1n) is 5.77. The fourth-order valence-corrected chi connectivity index (χ4v) is 1.67. The third-order valence-electron chi connectivity index (χ3n) is 2.52. The number of nitrogen functional groups attached to an aromatic ring is 1. The van der Waals surface area contributed by atoms with Crippen molar-refractivity contribution < 1.29 is 4.52 Å². The number of pyridine rings is 2. The predicted octanol–water partition coefficient (Wildman–Crippen LogP) is 1.70. The summed E-state index contributed by atoms with van der Waals surface area (Å²) in [5.74, 6) is 1.35. The quantitative estimate of drug-likeness (QED) is 0.763. The van der Waals surface area contributed by atoms with Gasteiger partial charge in [0.1, 0.15) is 11.5 Å². The first-order chi connectivity index (χ1) is 9.31. The summed E-state index contributed by atoms with van der Waals surface area (Å²) in [6.45, 7) is 0. The van der Waals surface area contributed by atoms with Crippen LogP contribution in [0.25, 0.3) is 11.6 Å². The Morgan fingerprint density at radius 3 is 2.79 bits per heavy atom. The summed E-state index contributed by atoms with van der Waals surface area (Å²) in [5, 5.41) is 3.91. The van der Waals surface area contributed by atoms with Gasteiger partial charge >= 0.3 is 0 Å². The van der Waals surface area contributed by atoms with E-state index in [0.717, 1.165) is 5.69 Å². The minimum absolute atomic E-state index is 0.359. The number of rotatable bonds is 3. The molecular weight excluding hydrogens is 242 g/mol. The van der Waals surface area contributed by atoms with E-state index in [-0.39, 0.29) is 0 Å². The molecule has 0 aliphatic carbocycles. The maximum absolute atomic E-state index is 5.62. The molecule has 0 saturated heterocycles. The molecule has 0 aliphatic rings. The lowest BCUT2D eigenvalue weighted by Gasteiger charge is -1.94. The molecule has 0 spiro atoms. The summed E-state index contributed by atoms with van der Waals surface area (Å²) < 4.78 is 5.17. The number of nitrogens with two attached hydrogens (primary N) is 1. The van der Waals surface area contributed by atoms with Crippen LogP contribution in [-0.2, 0) is 6.42 Å². The van der Waals surface area contributed by atoms with Crippen LogP contribution in [0.2, 0.25) is 0 Å². The van der Waals surface area contributed by atoms with Gasteiger partial charge in [-0.15, -0.1) is 0 Å². The van der Waals surface area contributed by atoms with Gasteiger partial charge in [-0.1, -0.05) is 17.3 Å². The van der Waals surface area contributed by atoms with Gasteiger partial charge in [0, 0.05) is 11.9 Å². The van der Waals surface area contributed by atoms with Crippen molar-refractivity contribution in [1.29, 1.82) is 0 Å². The van der Waals surface area contributed by atoms with Gasteiger partial charge in [0.05, 0.1) is 6.42 Å². The van der Waals surface area contributed by atoms with E-state index in [2.05, 4.69) is 20.1 Å². The molecule has 0 fully saturated rings. The molecule has 0 aromatic carbocycles. The van der Waals surface area contributed by atoms with E-state index >= 15 is 0 Å². The molecular formula is C13H11N5O. The molecule has 6 heteroatoms. The van der Waals surface area contributed by atoms with Gasteiger partial charge in [-0.3, -0.25) is 4.98 Å². The lowest BCUT2D eigenvalue weighted by molar-refractivity contribution is 0.422. The molecule has 0 bridgehead atoms. The Balaban J connectivity index is 1.84. The SMILES string of the molecule is Nc1cccc(-c2nc(Cc3ccccn3)no2)n1. The topological polar surface area (TPSA) is 90.7 Å². The van der Waals surface area contributed by atoms with Crippen molar-refractivity contribution in [3.05, 3.63) is 54.1 Å². The van der Waals surface area contributed by atoms with Crippen molar-refractivity contribution in [2.45, 2.75) is 6.42 Å². The van der Waals surface area contributed by atoms with Crippen LogP contribution in [0.4, 0.5) is 5.82 Å². The first kappa shape index (κ1) is 11.3. The molecule has 0 radical (unpaired) electrons. The summed E-state index contributed by atoms with van der Waals surface area (Å²) in [6, 6.07) is 11.0. The summed E-state index contributed by atoms with van der Waals surface area (Å²) in [5.41, 5.74) is 7.07. The zero-order valence-electron chi connectivity index (χ0n) is 10.0.